The number of nitrogens with two attached hydrogens (primary N) is 1. The largest absolute Gasteiger partial charge is 0.399 e. The second-order valence-electron chi connectivity index (χ2n) is 4.51. The Morgan fingerprint density at radius 2 is 2.11 bits per heavy atom. The van der Waals surface area contributed by atoms with Crippen molar-refractivity contribution in [1.82, 2.24) is 4.72 Å². The molecule has 1 aromatic carbocycles. The Labute approximate surface area is 112 Å². The minimum Gasteiger partial charge on any atom is -0.399 e. The van der Waals surface area contributed by atoms with E-state index in [4.69, 9.17) is 10.8 Å². The zero-order chi connectivity index (χ0) is 14.6. The predicted molar refractivity (Wildman–Crippen MR) is 71.7 cm³/mol. The number of aliphatic hydroxyl groups excluding tert-OH is 1. The van der Waals surface area contributed by atoms with Crippen LogP contribution >= 0.6 is 0 Å². The third-order valence-corrected chi connectivity index (χ3v) is 4.29. The lowest BCUT2D eigenvalue weighted by Gasteiger charge is -2.11. The Morgan fingerprint density at radius 3 is 2.68 bits per heavy atom. The van der Waals surface area contributed by atoms with E-state index in [0.717, 1.165) is 6.07 Å². The lowest BCUT2D eigenvalue weighted by Crippen LogP contribution is -2.26. The first-order chi connectivity index (χ1) is 8.74. The van der Waals surface area contributed by atoms with Gasteiger partial charge in [-0.25, -0.2) is 17.5 Å². The molecule has 0 aliphatic rings. The van der Waals surface area contributed by atoms with E-state index in [-0.39, 0.29) is 22.7 Å². The third kappa shape index (κ3) is 4.45. The van der Waals surface area contributed by atoms with Crippen LogP contribution in [0.3, 0.4) is 0 Å². The number of nitrogen functional groups attached to an aromatic ring is 1. The first kappa shape index (κ1) is 15.9. The molecule has 0 saturated heterocycles. The number of benzene rings is 1. The minimum atomic E-state index is -3.79. The summed E-state index contributed by atoms with van der Waals surface area (Å²) in [6, 6.07) is 2.32. The van der Waals surface area contributed by atoms with E-state index in [0.29, 0.717) is 12.8 Å². The highest BCUT2D eigenvalue weighted by atomic mass is 32.2. The maximum Gasteiger partial charge on any atom is 0.241 e. The van der Waals surface area contributed by atoms with Gasteiger partial charge in [0.25, 0.3) is 0 Å². The topological polar surface area (TPSA) is 92.4 Å². The Morgan fingerprint density at radius 1 is 1.47 bits per heavy atom. The van der Waals surface area contributed by atoms with Gasteiger partial charge in [-0.3, -0.25) is 0 Å². The Kier molecular flexibility index (Phi) is 5.28. The highest BCUT2D eigenvalue weighted by Crippen LogP contribution is 2.21. The molecule has 0 aromatic heterocycles. The van der Waals surface area contributed by atoms with Gasteiger partial charge in [0.15, 0.2) is 0 Å². The summed E-state index contributed by atoms with van der Waals surface area (Å²) >= 11 is 0. The summed E-state index contributed by atoms with van der Waals surface area (Å²) in [5, 5.41) is 9.07. The van der Waals surface area contributed by atoms with Crippen LogP contribution in [0.15, 0.2) is 17.0 Å². The van der Waals surface area contributed by atoms with Gasteiger partial charge >= 0.3 is 0 Å². The molecule has 0 fully saturated rings. The van der Waals surface area contributed by atoms with Crippen LogP contribution < -0.4 is 10.5 Å². The molecule has 1 atom stereocenters. The van der Waals surface area contributed by atoms with E-state index in [1.165, 1.54) is 13.0 Å². The molecule has 108 valence electrons. The smallest absolute Gasteiger partial charge is 0.241 e. The second kappa shape index (κ2) is 6.31. The number of halogens is 1. The van der Waals surface area contributed by atoms with Gasteiger partial charge in [0, 0.05) is 17.8 Å². The van der Waals surface area contributed by atoms with Gasteiger partial charge in [-0.15, -0.1) is 0 Å². The van der Waals surface area contributed by atoms with Gasteiger partial charge in [-0.05, 0) is 38.8 Å². The lowest BCUT2D eigenvalue weighted by molar-refractivity contribution is 0.182. The van der Waals surface area contributed by atoms with Gasteiger partial charge in [-0.1, -0.05) is 0 Å². The number of anilines is 1. The van der Waals surface area contributed by atoms with Crippen molar-refractivity contribution < 1.29 is 17.9 Å². The molecule has 5 nitrogen and oxygen atoms in total. The van der Waals surface area contributed by atoms with Crippen molar-refractivity contribution in [2.24, 2.45) is 0 Å². The van der Waals surface area contributed by atoms with Gasteiger partial charge in [0.2, 0.25) is 10.0 Å². The molecular formula is C12H19FN2O3S. The molecule has 0 spiro atoms. The summed E-state index contributed by atoms with van der Waals surface area (Å²) in [7, 11) is -3.79. The normalized spacial score (nSPS) is 13.5. The van der Waals surface area contributed by atoms with Crippen molar-refractivity contribution in [3.63, 3.8) is 0 Å². The van der Waals surface area contributed by atoms with Crippen molar-refractivity contribution in [2.75, 3.05) is 12.3 Å². The molecule has 4 N–H and O–H groups in total. The van der Waals surface area contributed by atoms with Gasteiger partial charge in [-0.2, -0.15) is 0 Å². The zero-order valence-electron chi connectivity index (χ0n) is 11.0. The van der Waals surface area contributed by atoms with E-state index in [9.17, 15) is 12.8 Å². The zero-order valence-corrected chi connectivity index (χ0v) is 11.8. The Bertz CT molecular complexity index is 544. The fourth-order valence-electron chi connectivity index (χ4n) is 1.63. The summed E-state index contributed by atoms with van der Waals surface area (Å²) < 4.78 is 39.8. The molecule has 7 heteroatoms. The van der Waals surface area contributed by atoms with Crippen LogP contribution in [-0.4, -0.2) is 26.2 Å². The highest BCUT2D eigenvalue weighted by Gasteiger charge is 2.19. The van der Waals surface area contributed by atoms with Gasteiger partial charge in [0.05, 0.1) is 11.0 Å². The van der Waals surface area contributed by atoms with Crippen LogP contribution in [0.5, 0.6) is 0 Å². The number of rotatable bonds is 6. The van der Waals surface area contributed by atoms with Crippen LogP contribution in [0.25, 0.3) is 0 Å². The molecule has 0 heterocycles. The quantitative estimate of drug-likeness (QED) is 0.541. The van der Waals surface area contributed by atoms with Crippen LogP contribution in [0.1, 0.15) is 25.3 Å². The lowest BCUT2D eigenvalue weighted by atomic mass is 10.2. The summed E-state index contributed by atoms with van der Waals surface area (Å²) in [6.07, 6.45) is 0.518. The maximum atomic E-state index is 13.5. The average Bonchev–Trinajstić information content (AvgIpc) is 2.29. The summed E-state index contributed by atoms with van der Waals surface area (Å²) in [4.78, 5) is -0.151. The van der Waals surface area contributed by atoms with Crippen molar-refractivity contribution >= 4 is 15.7 Å². The second-order valence-corrected chi connectivity index (χ2v) is 6.25. The Balaban J connectivity index is 2.83. The highest BCUT2D eigenvalue weighted by molar-refractivity contribution is 7.89. The van der Waals surface area contributed by atoms with Crippen LogP contribution in [0.4, 0.5) is 10.1 Å². The summed E-state index contributed by atoms with van der Waals surface area (Å²) in [5.74, 6) is -0.649. The molecule has 1 rings (SSSR count). The monoisotopic (exact) mass is 290 g/mol. The number of nitrogens with one attached hydrogen (secondary N) is 1. The van der Waals surface area contributed by atoms with Gasteiger partial charge in [0.1, 0.15) is 5.82 Å². The van der Waals surface area contributed by atoms with E-state index < -0.39 is 21.9 Å². The SMILES string of the molecule is Cc1c(F)cc(N)cc1S(=O)(=O)NCCCC(C)O. The molecule has 0 bridgehead atoms. The van der Waals surface area contributed by atoms with Gasteiger partial charge < -0.3 is 10.8 Å². The number of aliphatic hydroxyl groups is 1. The molecule has 0 aliphatic heterocycles. The van der Waals surface area contributed by atoms with E-state index >= 15 is 0 Å². The average molecular weight is 290 g/mol. The summed E-state index contributed by atoms with van der Waals surface area (Å²) in [6.45, 7) is 3.20. The molecule has 0 aliphatic carbocycles. The number of hydrogen-bond donors (Lipinski definition) is 3. The van der Waals surface area contributed by atoms with Crippen molar-refractivity contribution in [1.29, 1.82) is 0 Å². The summed E-state index contributed by atoms with van der Waals surface area (Å²) in [5.41, 5.74) is 5.56. The molecular weight excluding hydrogens is 271 g/mol. The molecule has 1 aromatic rings. The van der Waals surface area contributed by atoms with E-state index in [1.807, 2.05) is 0 Å². The standard InChI is InChI=1S/C12H19FN2O3S/c1-8(16)4-3-5-15-19(17,18)12-7-10(14)6-11(13)9(12)2/h6-8,15-16H,3-5,14H2,1-2H3. The van der Waals surface area contributed by atoms with Crippen molar-refractivity contribution in [3.05, 3.63) is 23.5 Å². The number of hydrogen-bond acceptors (Lipinski definition) is 4. The Hall–Kier alpha value is -1.18. The first-order valence-electron chi connectivity index (χ1n) is 5.97. The minimum absolute atomic E-state index is 0.0391. The number of sulfonamides is 1. The van der Waals surface area contributed by atoms with Crippen molar-refractivity contribution in [3.8, 4) is 0 Å². The molecule has 19 heavy (non-hydrogen) atoms. The fourth-order valence-corrected chi connectivity index (χ4v) is 2.99. The molecule has 1 unspecified atom stereocenters. The van der Waals surface area contributed by atoms with E-state index in [1.54, 1.807) is 6.92 Å². The first-order valence-corrected chi connectivity index (χ1v) is 7.45. The fraction of sp³-hybridized carbons (Fsp3) is 0.500. The van der Waals surface area contributed by atoms with Crippen LogP contribution in [-0.2, 0) is 10.0 Å². The molecule has 0 amide bonds. The maximum absolute atomic E-state index is 13.5. The van der Waals surface area contributed by atoms with Crippen LogP contribution in [0, 0.1) is 12.7 Å². The molecule has 0 radical (unpaired) electrons. The van der Waals surface area contributed by atoms with E-state index in [2.05, 4.69) is 4.72 Å². The van der Waals surface area contributed by atoms with Crippen molar-refractivity contribution in [2.45, 2.75) is 37.7 Å². The predicted octanol–water partition coefficient (Wildman–Crippen LogP) is 1.16. The third-order valence-electron chi connectivity index (χ3n) is 2.70. The van der Waals surface area contributed by atoms with Crippen LogP contribution in [0.2, 0.25) is 0 Å². The molecule has 0 saturated carbocycles.